The van der Waals surface area contributed by atoms with Gasteiger partial charge in [0.25, 0.3) is 5.82 Å². The third-order valence-corrected chi connectivity index (χ3v) is 3.66. The Balaban J connectivity index is 2.51. The van der Waals surface area contributed by atoms with E-state index in [0.717, 1.165) is 6.54 Å². The Hall–Kier alpha value is -2.03. The van der Waals surface area contributed by atoms with Gasteiger partial charge in [-0.1, -0.05) is 18.2 Å². The molecule has 1 heterocycles. The highest BCUT2D eigenvalue weighted by molar-refractivity contribution is 5.65. The number of hydrogen-bond acceptors (Lipinski definition) is 2. The van der Waals surface area contributed by atoms with Gasteiger partial charge < -0.3 is 4.90 Å². The molecule has 20 heavy (non-hydrogen) atoms. The van der Waals surface area contributed by atoms with Gasteiger partial charge in [0.2, 0.25) is 0 Å². The molecule has 0 radical (unpaired) electrons. The van der Waals surface area contributed by atoms with Crippen LogP contribution in [0.2, 0.25) is 0 Å². The molecule has 0 N–H and O–H groups in total. The van der Waals surface area contributed by atoms with E-state index >= 15 is 0 Å². The van der Waals surface area contributed by atoms with Crippen LogP contribution in [0.4, 0.5) is 17.2 Å². The highest BCUT2D eigenvalue weighted by atomic mass is 15.2. The molecule has 0 aliphatic rings. The maximum atomic E-state index is 2.33. The van der Waals surface area contributed by atoms with Gasteiger partial charge in [0, 0.05) is 18.3 Å². The molecule has 0 amide bonds. The number of benzene rings is 1. The Labute approximate surface area is 122 Å². The minimum atomic E-state index is 0.948. The van der Waals surface area contributed by atoms with Crippen molar-refractivity contribution in [2.45, 2.75) is 13.8 Å². The predicted octanol–water partition coefficient (Wildman–Crippen LogP) is 3.04. The van der Waals surface area contributed by atoms with E-state index in [2.05, 4.69) is 91.8 Å². The monoisotopic (exact) mass is 270 g/mol. The van der Waals surface area contributed by atoms with Crippen LogP contribution in [0.3, 0.4) is 0 Å². The number of pyridine rings is 1. The summed E-state index contributed by atoms with van der Waals surface area (Å²) in [5, 5.41) is 0. The summed E-state index contributed by atoms with van der Waals surface area (Å²) in [5.41, 5.74) is 3.71. The van der Waals surface area contributed by atoms with Crippen LogP contribution in [0.25, 0.3) is 0 Å². The highest BCUT2D eigenvalue weighted by Gasteiger charge is 2.16. The SMILES string of the molecule is CCN(c1ccccc1)c1cc(C)[n+](C)c(N(C)C)c1. The Morgan fingerprint density at radius 1 is 1.00 bits per heavy atom. The molecule has 1 aromatic heterocycles. The van der Waals surface area contributed by atoms with Crippen LogP contribution >= 0.6 is 0 Å². The number of anilines is 3. The number of hydrogen-bond donors (Lipinski definition) is 0. The summed E-state index contributed by atoms with van der Waals surface area (Å²) in [6, 6.07) is 15.0. The molecule has 2 rings (SSSR count). The Morgan fingerprint density at radius 3 is 2.20 bits per heavy atom. The Bertz CT molecular complexity index is 576. The van der Waals surface area contributed by atoms with E-state index in [1.807, 2.05) is 0 Å². The van der Waals surface area contributed by atoms with Gasteiger partial charge in [-0.3, -0.25) is 4.90 Å². The molecule has 3 heteroatoms. The first kappa shape index (κ1) is 14.4. The fourth-order valence-electron chi connectivity index (χ4n) is 2.47. The number of aryl methyl sites for hydroxylation is 1. The Kier molecular flexibility index (Phi) is 4.28. The average molecular weight is 270 g/mol. The van der Waals surface area contributed by atoms with Gasteiger partial charge in [-0.25, -0.2) is 4.57 Å². The van der Waals surface area contributed by atoms with Crippen molar-refractivity contribution in [1.82, 2.24) is 0 Å². The molecule has 0 bridgehead atoms. The summed E-state index contributed by atoms with van der Waals surface area (Å²) >= 11 is 0. The number of para-hydroxylation sites is 1. The molecule has 1 aromatic carbocycles. The predicted molar refractivity (Wildman–Crippen MR) is 85.8 cm³/mol. The third kappa shape index (κ3) is 2.77. The Morgan fingerprint density at radius 2 is 1.65 bits per heavy atom. The summed E-state index contributed by atoms with van der Waals surface area (Å²) in [6.07, 6.45) is 0. The number of aromatic nitrogens is 1. The topological polar surface area (TPSA) is 10.4 Å². The fraction of sp³-hybridized carbons (Fsp3) is 0.353. The summed E-state index contributed by atoms with van der Waals surface area (Å²) in [6.45, 7) is 5.28. The molecule has 3 nitrogen and oxygen atoms in total. The van der Waals surface area contributed by atoms with Crippen LogP contribution in [0.1, 0.15) is 12.6 Å². The zero-order chi connectivity index (χ0) is 14.7. The van der Waals surface area contributed by atoms with Crippen LogP contribution in [-0.2, 0) is 7.05 Å². The van der Waals surface area contributed by atoms with Crippen LogP contribution in [0, 0.1) is 6.92 Å². The van der Waals surface area contributed by atoms with Gasteiger partial charge >= 0.3 is 0 Å². The summed E-state index contributed by atoms with van der Waals surface area (Å²) in [5.74, 6) is 1.20. The number of nitrogens with zero attached hydrogens (tertiary/aromatic N) is 3. The van der Waals surface area contributed by atoms with E-state index in [0.29, 0.717) is 0 Å². The van der Waals surface area contributed by atoms with Crippen molar-refractivity contribution < 1.29 is 4.57 Å². The van der Waals surface area contributed by atoms with Gasteiger partial charge in [-0.2, -0.15) is 0 Å². The quantitative estimate of drug-likeness (QED) is 0.791. The molecule has 0 saturated carbocycles. The molecule has 0 aliphatic carbocycles. The molecular weight excluding hydrogens is 246 g/mol. The first-order chi connectivity index (χ1) is 9.54. The summed E-state index contributed by atoms with van der Waals surface area (Å²) < 4.78 is 2.21. The molecular formula is C17H24N3+. The molecule has 106 valence electrons. The van der Waals surface area contributed by atoms with Crippen molar-refractivity contribution in [3.8, 4) is 0 Å². The van der Waals surface area contributed by atoms with Gasteiger partial charge in [-0.15, -0.1) is 0 Å². The van der Waals surface area contributed by atoms with E-state index in [-0.39, 0.29) is 0 Å². The summed E-state index contributed by atoms with van der Waals surface area (Å²) in [7, 11) is 6.27. The largest absolute Gasteiger partial charge is 0.341 e. The molecule has 0 spiro atoms. The third-order valence-electron chi connectivity index (χ3n) is 3.66. The van der Waals surface area contributed by atoms with Crippen molar-refractivity contribution in [1.29, 1.82) is 0 Å². The van der Waals surface area contributed by atoms with Crippen LogP contribution in [-0.4, -0.2) is 20.6 Å². The molecule has 0 atom stereocenters. The minimum absolute atomic E-state index is 0.948. The molecule has 0 unspecified atom stereocenters. The van der Waals surface area contributed by atoms with Crippen molar-refractivity contribution in [2.24, 2.45) is 7.05 Å². The summed E-state index contributed by atoms with van der Waals surface area (Å²) in [4.78, 5) is 4.48. The van der Waals surface area contributed by atoms with E-state index < -0.39 is 0 Å². The van der Waals surface area contributed by atoms with E-state index in [9.17, 15) is 0 Å². The second-order valence-corrected chi connectivity index (χ2v) is 5.25. The first-order valence-electron chi connectivity index (χ1n) is 7.05. The van der Waals surface area contributed by atoms with Gasteiger partial charge in [0.15, 0.2) is 0 Å². The lowest BCUT2D eigenvalue weighted by molar-refractivity contribution is -0.664. The maximum absolute atomic E-state index is 2.33. The second-order valence-electron chi connectivity index (χ2n) is 5.25. The van der Waals surface area contributed by atoms with Crippen molar-refractivity contribution in [3.63, 3.8) is 0 Å². The normalized spacial score (nSPS) is 10.4. The standard InChI is InChI=1S/C17H24N3/c1-6-20(15-10-8-7-9-11-15)16-12-14(2)19(5)17(13-16)18(3)4/h7-13H,6H2,1-5H3/q+1. The van der Waals surface area contributed by atoms with Crippen molar-refractivity contribution in [2.75, 3.05) is 30.4 Å². The minimum Gasteiger partial charge on any atom is -0.341 e. The number of rotatable bonds is 4. The van der Waals surface area contributed by atoms with E-state index in [4.69, 9.17) is 0 Å². The molecule has 2 aromatic rings. The van der Waals surface area contributed by atoms with Gasteiger partial charge in [0.1, 0.15) is 5.69 Å². The lowest BCUT2D eigenvalue weighted by Crippen LogP contribution is -2.39. The van der Waals surface area contributed by atoms with Crippen molar-refractivity contribution >= 4 is 17.2 Å². The van der Waals surface area contributed by atoms with Crippen LogP contribution < -0.4 is 14.4 Å². The van der Waals surface area contributed by atoms with E-state index in [1.54, 1.807) is 0 Å². The maximum Gasteiger partial charge on any atom is 0.278 e. The molecule has 0 fully saturated rings. The van der Waals surface area contributed by atoms with Crippen LogP contribution in [0.15, 0.2) is 42.5 Å². The zero-order valence-corrected chi connectivity index (χ0v) is 13.1. The highest BCUT2D eigenvalue weighted by Crippen LogP contribution is 2.27. The zero-order valence-electron chi connectivity index (χ0n) is 13.1. The van der Waals surface area contributed by atoms with Crippen molar-refractivity contribution in [3.05, 3.63) is 48.2 Å². The van der Waals surface area contributed by atoms with Crippen LogP contribution in [0.5, 0.6) is 0 Å². The van der Waals surface area contributed by atoms with Gasteiger partial charge in [0.05, 0.1) is 32.9 Å². The smallest absolute Gasteiger partial charge is 0.278 e. The molecule has 0 saturated heterocycles. The fourth-order valence-corrected chi connectivity index (χ4v) is 2.47. The second kappa shape index (κ2) is 5.95. The van der Waals surface area contributed by atoms with E-state index in [1.165, 1.54) is 22.9 Å². The average Bonchev–Trinajstić information content (AvgIpc) is 2.44. The first-order valence-corrected chi connectivity index (χ1v) is 7.05. The lowest BCUT2D eigenvalue weighted by atomic mass is 10.2. The molecule has 0 aliphatic heterocycles. The van der Waals surface area contributed by atoms with Gasteiger partial charge in [-0.05, 0) is 26.0 Å². The lowest BCUT2D eigenvalue weighted by Gasteiger charge is -2.24.